The molecule has 0 aliphatic heterocycles. The Morgan fingerprint density at radius 1 is 1.24 bits per heavy atom. The van der Waals surface area contributed by atoms with Crippen molar-refractivity contribution in [3.8, 4) is 0 Å². The lowest BCUT2D eigenvalue weighted by molar-refractivity contribution is -0.128. The Hall–Kier alpha value is -1.69. The summed E-state index contributed by atoms with van der Waals surface area (Å²) in [5.41, 5.74) is 0.998. The molecule has 1 rings (SSSR count). The highest BCUT2D eigenvalue weighted by Gasteiger charge is 2.13. The first-order valence-corrected chi connectivity index (χ1v) is 6.35. The summed E-state index contributed by atoms with van der Waals surface area (Å²) in [7, 11) is -3.33. The maximum atomic E-state index is 11.6. The Morgan fingerprint density at radius 2 is 1.76 bits per heavy atom. The van der Waals surface area contributed by atoms with Crippen LogP contribution < -0.4 is 0 Å². The highest BCUT2D eigenvalue weighted by Crippen LogP contribution is 2.11. The number of carbonyl (C=O) groups is 2. The number of hydrogen-bond acceptors (Lipinski definition) is 5. The molecule has 0 saturated heterocycles. The van der Waals surface area contributed by atoms with Crippen molar-refractivity contribution in [3.05, 3.63) is 29.8 Å². The lowest BCUT2D eigenvalue weighted by atomic mass is 10.2. The molecule has 17 heavy (non-hydrogen) atoms. The third kappa shape index (κ3) is 5.26. The minimum absolute atomic E-state index is 0.111. The second kappa shape index (κ2) is 7.56. The van der Waals surface area contributed by atoms with Crippen LogP contribution in [0.5, 0.6) is 0 Å². The van der Waals surface area contributed by atoms with E-state index in [9.17, 15) is 13.2 Å². The van der Waals surface area contributed by atoms with Gasteiger partial charge < -0.3 is 9.53 Å². The molecule has 0 heterocycles. The molecule has 0 radical (unpaired) electrons. The second-order valence-corrected chi connectivity index (χ2v) is 5.21. The molecule has 0 unspecified atom stereocenters. The molecule has 0 bridgehead atoms. The second-order valence-electron chi connectivity index (χ2n) is 3.10. The van der Waals surface area contributed by atoms with Crippen molar-refractivity contribution < 1.29 is 22.7 Å². The van der Waals surface area contributed by atoms with Crippen LogP contribution in [-0.4, -0.2) is 34.0 Å². The van der Waals surface area contributed by atoms with Crippen LogP contribution >= 0.6 is 0 Å². The maximum absolute atomic E-state index is 11.6. The van der Waals surface area contributed by atoms with Gasteiger partial charge in [0.15, 0.2) is 9.84 Å². The zero-order chi connectivity index (χ0) is 13.3. The number of carbonyl (C=O) groups excluding carboxylic acids is 2. The van der Waals surface area contributed by atoms with Crippen molar-refractivity contribution in [1.82, 2.24) is 0 Å². The van der Waals surface area contributed by atoms with Crippen molar-refractivity contribution in [2.75, 3.05) is 12.4 Å². The van der Waals surface area contributed by atoms with Crippen LogP contribution in [0.1, 0.15) is 5.56 Å². The molecule has 0 atom stereocenters. The zero-order valence-electron chi connectivity index (χ0n) is 9.46. The van der Waals surface area contributed by atoms with Gasteiger partial charge in [-0.2, -0.15) is 0 Å². The van der Waals surface area contributed by atoms with Gasteiger partial charge in [0.05, 0.1) is 10.6 Å². The van der Waals surface area contributed by atoms with E-state index in [0.29, 0.717) is 0 Å². The summed E-state index contributed by atoms with van der Waals surface area (Å²) in [4.78, 5) is 18.1. The Kier molecular flexibility index (Phi) is 6.81. The fourth-order valence-corrected chi connectivity index (χ4v) is 2.17. The highest BCUT2D eigenvalue weighted by molar-refractivity contribution is 7.91. The SMILES string of the molecule is C=O.Cc1ccc(S(=O)(=O)CCOC=O)cc1. The van der Waals surface area contributed by atoms with Crippen LogP contribution in [0, 0.1) is 6.92 Å². The molecule has 0 amide bonds. The van der Waals surface area contributed by atoms with Gasteiger partial charge in [-0.05, 0) is 19.1 Å². The van der Waals surface area contributed by atoms with Gasteiger partial charge in [0, 0.05) is 0 Å². The molecule has 0 aliphatic carbocycles. The summed E-state index contributed by atoms with van der Waals surface area (Å²) >= 11 is 0. The van der Waals surface area contributed by atoms with Crippen molar-refractivity contribution in [1.29, 1.82) is 0 Å². The normalized spacial score (nSPS) is 9.94. The molecule has 0 N–H and O–H groups in total. The van der Waals surface area contributed by atoms with Crippen molar-refractivity contribution in [2.45, 2.75) is 11.8 Å². The van der Waals surface area contributed by atoms with Crippen molar-refractivity contribution in [2.24, 2.45) is 0 Å². The lowest BCUT2D eigenvalue weighted by Gasteiger charge is -2.03. The third-order valence-corrected chi connectivity index (χ3v) is 3.61. The van der Waals surface area contributed by atoms with Crippen molar-refractivity contribution in [3.63, 3.8) is 0 Å². The van der Waals surface area contributed by atoms with Gasteiger partial charge in [0.1, 0.15) is 13.4 Å². The maximum Gasteiger partial charge on any atom is 0.293 e. The summed E-state index contributed by atoms with van der Waals surface area (Å²) in [5, 5.41) is 0. The van der Waals surface area contributed by atoms with E-state index < -0.39 is 9.84 Å². The lowest BCUT2D eigenvalue weighted by Crippen LogP contribution is -2.12. The summed E-state index contributed by atoms with van der Waals surface area (Å²) in [6.45, 7) is 4.01. The fraction of sp³-hybridized carbons (Fsp3) is 0.273. The molecule has 0 aliphatic rings. The van der Waals surface area contributed by atoms with Crippen LogP contribution in [0.4, 0.5) is 0 Å². The molecule has 1 aromatic rings. The third-order valence-electron chi connectivity index (χ3n) is 1.92. The predicted octanol–water partition coefficient (Wildman–Crippen LogP) is 0.757. The van der Waals surface area contributed by atoms with Crippen LogP contribution in [0.25, 0.3) is 0 Å². The van der Waals surface area contributed by atoms with E-state index in [0.717, 1.165) is 5.56 Å². The molecule has 1 aromatic carbocycles. The van der Waals surface area contributed by atoms with Gasteiger partial charge in [0.2, 0.25) is 0 Å². The van der Waals surface area contributed by atoms with E-state index >= 15 is 0 Å². The average molecular weight is 258 g/mol. The number of aryl methyl sites for hydroxylation is 1. The number of sulfone groups is 1. The van der Waals surface area contributed by atoms with Gasteiger partial charge in [-0.3, -0.25) is 4.79 Å². The van der Waals surface area contributed by atoms with Crippen molar-refractivity contribution >= 4 is 23.1 Å². The summed E-state index contributed by atoms with van der Waals surface area (Å²) in [6.07, 6.45) is 0. The van der Waals surface area contributed by atoms with Crippen LogP contribution in [0.2, 0.25) is 0 Å². The largest absolute Gasteiger partial charge is 0.467 e. The molecule has 0 aromatic heterocycles. The van der Waals surface area contributed by atoms with E-state index in [1.165, 1.54) is 0 Å². The van der Waals surface area contributed by atoms with Crippen LogP contribution in [0.15, 0.2) is 29.2 Å². The van der Waals surface area contributed by atoms with E-state index in [-0.39, 0.29) is 23.7 Å². The molecular weight excluding hydrogens is 244 g/mol. The highest BCUT2D eigenvalue weighted by atomic mass is 32.2. The van der Waals surface area contributed by atoms with Gasteiger partial charge in [-0.25, -0.2) is 8.42 Å². The first-order valence-electron chi connectivity index (χ1n) is 4.70. The van der Waals surface area contributed by atoms with Gasteiger partial charge >= 0.3 is 0 Å². The van der Waals surface area contributed by atoms with Gasteiger partial charge in [0.25, 0.3) is 6.47 Å². The number of hydrogen-bond donors (Lipinski definition) is 0. The van der Waals surface area contributed by atoms with E-state index in [2.05, 4.69) is 4.74 Å². The quantitative estimate of drug-likeness (QED) is 0.575. The Balaban J connectivity index is 0.00000121. The van der Waals surface area contributed by atoms with Gasteiger partial charge in [-0.15, -0.1) is 0 Å². The fourth-order valence-electron chi connectivity index (χ4n) is 1.07. The number of ether oxygens (including phenoxy) is 1. The van der Waals surface area contributed by atoms with E-state index in [1.807, 2.05) is 13.7 Å². The first kappa shape index (κ1) is 15.3. The standard InChI is InChI=1S/C10H12O4S.CH2O/c1-9-2-4-10(5-3-9)15(12,13)7-6-14-8-11;1-2/h2-5,8H,6-7H2,1H3;1H2. The smallest absolute Gasteiger partial charge is 0.293 e. The van der Waals surface area contributed by atoms with E-state index in [1.54, 1.807) is 24.3 Å². The molecular formula is C11H14O5S. The Labute approximate surface area is 100 Å². The zero-order valence-corrected chi connectivity index (χ0v) is 10.3. The number of benzene rings is 1. The summed E-state index contributed by atoms with van der Waals surface area (Å²) in [5.74, 6) is -0.186. The monoisotopic (exact) mass is 258 g/mol. The minimum Gasteiger partial charge on any atom is -0.467 e. The van der Waals surface area contributed by atoms with Crippen LogP contribution in [-0.2, 0) is 24.2 Å². The summed E-state index contributed by atoms with van der Waals surface area (Å²) in [6, 6.07) is 6.55. The molecule has 6 heteroatoms. The molecule has 94 valence electrons. The average Bonchev–Trinajstić information content (AvgIpc) is 2.32. The number of rotatable bonds is 5. The van der Waals surface area contributed by atoms with E-state index in [4.69, 9.17) is 4.79 Å². The topological polar surface area (TPSA) is 77.5 Å². The predicted molar refractivity (Wildman–Crippen MR) is 62.4 cm³/mol. The summed E-state index contributed by atoms with van der Waals surface area (Å²) < 4.78 is 27.6. The Bertz CT molecular complexity index is 435. The van der Waals surface area contributed by atoms with Gasteiger partial charge in [-0.1, -0.05) is 17.7 Å². The molecule has 5 nitrogen and oxygen atoms in total. The Morgan fingerprint density at radius 3 is 2.24 bits per heavy atom. The molecule has 0 saturated carbocycles. The molecule has 0 spiro atoms. The molecule has 0 fully saturated rings. The minimum atomic E-state index is -3.33. The van der Waals surface area contributed by atoms with Crippen LogP contribution in [0.3, 0.4) is 0 Å². The first-order chi connectivity index (χ1) is 8.06.